The Morgan fingerprint density at radius 2 is 1.85 bits per heavy atom. The van der Waals surface area contributed by atoms with Crippen molar-refractivity contribution in [3.05, 3.63) is 28.8 Å². The predicted molar refractivity (Wildman–Crippen MR) is 92.6 cm³/mol. The lowest BCUT2D eigenvalue weighted by Crippen LogP contribution is -2.44. The quantitative estimate of drug-likeness (QED) is 0.688. The first kappa shape index (κ1) is 23.2. The van der Waals surface area contributed by atoms with Crippen LogP contribution in [0.2, 0.25) is 5.02 Å². The summed E-state index contributed by atoms with van der Waals surface area (Å²) in [5.41, 5.74) is -1.28. The van der Waals surface area contributed by atoms with Crippen LogP contribution in [0, 0.1) is 0 Å². The number of hydrogen-bond acceptors (Lipinski definition) is 4. The molecule has 1 aromatic carbocycles. The Morgan fingerprint density at radius 1 is 1.26 bits per heavy atom. The molecule has 12 heteroatoms. The molecule has 2 amide bonds. The maximum atomic E-state index is 12.8. The fraction of sp³-hybridized carbons (Fsp3) is 0.467. The highest BCUT2D eigenvalue weighted by atomic mass is 35.5. The lowest BCUT2D eigenvalue weighted by Gasteiger charge is -2.18. The molecular formula is C15H19ClF3N3O4S. The number of sulfonamides is 1. The van der Waals surface area contributed by atoms with Gasteiger partial charge in [-0.25, -0.2) is 13.1 Å². The molecule has 7 nitrogen and oxygen atoms in total. The SMILES string of the molecule is CC(NC(=O)CCNS(=O)(=O)c1ccc(Cl)c(C(F)(F)F)c1)C(=O)N(C)C. The van der Waals surface area contributed by atoms with E-state index in [0.717, 1.165) is 12.1 Å². The van der Waals surface area contributed by atoms with Gasteiger partial charge in [0.1, 0.15) is 6.04 Å². The molecule has 1 rings (SSSR count). The highest BCUT2D eigenvalue weighted by Gasteiger charge is 2.34. The van der Waals surface area contributed by atoms with E-state index in [4.69, 9.17) is 11.6 Å². The number of amides is 2. The second kappa shape index (κ2) is 8.89. The second-order valence-electron chi connectivity index (χ2n) is 5.81. The average molecular weight is 430 g/mol. The average Bonchev–Trinajstić information content (AvgIpc) is 2.52. The first-order valence-corrected chi connectivity index (χ1v) is 9.48. The van der Waals surface area contributed by atoms with E-state index in [-0.39, 0.29) is 18.9 Å². The minimum atomic E-state index is -4.81. The van der Waals surface area contributed by atoms with Gasteiger partial charge in [0.2, 0.25) is 21.8 Å². The third kappa shape index (κ3) is 6.67. The van der Waals surface area contributed by atoms with E-state index in [1.807, 2.05) is 4.72 Å². The van der Waals surface area contributed by atoms with Gasteiger partial charge >= 0.3 is 6.18 Å². The molecular weight excluding hydrogens is 411 g/mol. The monoisotopic (exact) mass is 429 g/mol. The summed E-state index contributed by atoms with van der Waals surface area (Å²) in [5, 5.41) is 1.77. The summed E-state index contributed by atoms with van der Waals surface area (Å²) in [5.74, 6) is -0.933. The van der Waals surface area contributed by atoms with Gasteiger partial charge in [0.25, 0.3) is 0 Å². The molecule has 0 heterocycles. The highest BCUT2D eigenvalue weighted by Crippen LogP contribution is 2.35. The van der Waals surface area contributed by atoms with E-state index in [2.05, 4.69) is 5.32 Å². The second-order valence-corrected chi connectivity index (χ2v) is 7.98. The molecule has 152 valence electrons. The molecule has 1 aromatic rings. The number of hydrogen-bond donors (Lipinski definition) is 2. The topological polar surface area (TPSA) is 95.6 Å². The van der Waals surface area contributed by atoms with Crippen molar-refractivity contribution >= 4 is 33.4 Å². The van der Waals surface area contributed by atoms with Crippen molar-refractivity contribution in [2.45, 2.75) is 30.5 Å². The van der Waals surface area contributed by atoms with Gasteiger partial charge in [-0.2, -0.15) is 13.2 Å². The summed E-state index contributed by atoms with van der Waals surface area (Å²) in [6, 6.07) is 1.38. The van der Waals surface area contributed by atoms with Crippen LogP contribution in [0.25, 0.3) is 0 Å². The number of carbonyl (C=O) groups excluding carboxylic acids is 2. The Labute approximate surface area is 159 Å². The van der Waals surface area contributed by atoms with Gasteiger partial charge in [-0.15, -0.1) is 0 Å². The van der Waals surface area contributed by atoms with Crippen LogP contribution >= 0.6 is 11.6 Å². The fourth-order valence-electron chi connectivity index (χ4n) is 2.03. The normalized spacial score (nSPS) is 13.1. The Bertz CT molecular complexity index is 813. The summed E-state index contributed by atoms with van der Waals surface area (Å²) in [4.78, 5) is 24.0. The van der Waals surface area contributed by atoms with Gasteiger partial charge in [-0.05, 0) is 25.1 Å². The molecule has 0 bridgehead atoms. The Hall–Kier alpha value is -1.85. The Balaban J connectivity index is 2.72. The number of rotatable bonds is 7. The van der Waals surface area contributed by atoms with E-state index in [1.165, 1.54) is 25.9 Å². The predicted octanol–water partition coefficient (Wildman–Crippen LogP) is 1.62. The summed E-state index contributed by atoms with van der Waals surface area (Å²) in [6.07, 6.45) is -5.11. The minimum Gasteiger partial charge on any atom is -0.347 e. The first-order valence-electron chi connectivity index (χ1n) is 7.62. The van der Waals surface area contributed by atoms with Crippen LogP contribution in [0.15, 0.2) is 23.1 Å². The minimum absolute atomic E-state index is 0.302. The summed E-state index contributed by atoms with van der Waals surface area (Å²) in [6.45, 7) is 1.11. The number of halogens is 4. The zero-order chi connectivity index (χ0) is 21.0. The van der Waals surface area contributed by atoms with Crippen molar-refractivity contribution in [1.29, 1.82) is 0 Å². The van der Waals surface area contributed by atoms with Crippen LogP contribution < -0.4 is 10.0 Å². The van der Waals surface area contributed by atoms with Crippen LogP contribution in [-0.2, 0) is 25.8 Å². The zero-order valence-corrected chi connectivity index (χ0v) is 16.3. The van der Waals surface area contributed by atoms with Crippen molar-refractivity contribution in [2.24, 2.45) is 0 Å². The molecule has 2 N–H and O–H groups in total. The van der Waals surface area contributed by atoms with Gasteiger partial charge < -0.3 is 10.2 Å². The number of nitrogens with one attached hydrogen (secondary N) is 2. The van der Waals surface area contributed by atoms with E-state index in [9.17, 15) is 31.2 Å². The molecule has 1 atom stereocenters. The Kier molecular flexibility index (Phi) is 7.64. The molecule has 27 heavy (non-hydrogen) atoms. The number of likely N-dealkylation sites (N-methyl/N-ethyl adjacent to an activating group) is 1. The molecule has 0 aliphatic heterocycles. The number of benzene rings is 1. The smallest absolute Gasteiger partial charge is 0.347 e. The van der Waals surface area contributed by atoms with Crippen LogP contribution in [0.4, 0.5) is 13.2 Å². The molecule has 0 saturated heterocycles. The molecule has 0 aromatic heterocycles. The first-order chi connectivity index (χ1) is 12.3. The maximum Gasteiger partial charge on any atom is 0.417 e. The standard InChI is InChI=1S/C15H19ClF3N3O4S/c1-9(14(24)22(2)3)21-13(23)6-7-20-27(25,26)10-4-5-12(16)11(8-10)15(17,18)19/h4-5,8-9,20H,6-7H2,1-3H3,(H,21,23). The summed E-state index contributed by atoms with van der Waals surface area (Å²) in [7, 11) is -1.25. The summed E-state index contributed by atoms with van der Waals surface area (Å²) >= 11 is 5.45. The molecule has 0 radical (unpaired) electrons. The lowest BCUT2D eigenvalue weighted by molar-refractivity contribution is -0.137. The van der Waals surface area contributed by atoms with Gasteiger partial charge in [-0.1, -0.05) is 11.6 Å². The molecule has 0 fully saturated rings. The van der Waals surface area contributed by atoms with Gasteiger partial charge in [0.05, 0.1) is 15.5 Å². The van der Waals surface area contributed by atoms with Crippen molar-refractivity contribution in [3.8, 4) is 0 Å². The summed E-state index contributed by atoms with van der Waals surface area (Å²) < 4.78 is 64.8. The number of alkyl halides is 3. The number of carbonyl (C=O) groups is 2. The van der Waals surface area contributed by atoms with Gasteiger partial charge in [0, 0.05) is 27.1 Å². The van der Waals surface area contributed by atoms with Gasteiger partial charge in [0.15, 0.2) is 0 Å². The van der Waals surface area contributed by atoms with Crippen LogP contribution in [0.3, 0.4) is 0 Å². The van der Waals surface area contributed by atoms with Crippen molar-refractivity contribution < 1.29 is 31.2 Å². The lowest BCUT2D eigenvalue weighted by atomic mass is 10.2. The van der Waals surface area contributed by atoms with E-state index < -0.39 is 43.6 Å². The third-order valence-corrected chi connectivity index (χ3v) is 5.17. The largest absolute Gasteiger partial charge is 0.417 e. The Morgan fingerprint density at radius 3 is 2.37 bits per heavy atom. The molecule has 0 aliphatic carbocycles. The molecule has 0 spiro atoms. The molecule has 0 aliphatic rings. The fourth-order valence-corrected chi connectivity index (χ4v) is 3.32. The highest BCUT2D eigenvalue weighted by molar-refractivity contribution is 7.89. The maximum absolute atomic E-state index is 12.8. The van der Waals surface area contributed by atoms with Crippen LogP contribution in [-0.4, -0.2) is 51.8 Å². The van der Waals surface area contributed by atoms with Crippen molar-refractivity contribution in [1.82, 2.24) is 14.9 Å². The zero-order valence-electron chi connectivity index (χ0n) is 14.7. The third-order valence-electron chi connectivity index (χ3n) is 3.39. The van der Waals surface area contributed by atoms with Crippen LogP contribution in [0.1, 0.15) is 18.9 Å². The van der Waals surface area contributed by atoms with E-state index in [0.29, 0.717) is 6.07 Å². The van der Waals surface area contributed by atoms with E-state index >= 15 is 0 Å². The van der Waals surface area contributed by atoms with Crippen molar-refractivity contribution in [3.63, 3.8) is 0 Å². The molecule has 1 unspecified atom stereocenters. The van der Waals surface area contributed by atoms with E-state index in [1.54, 1.807) is 0 Å². The molecule has 0 saturated carbocycles. The number of nitrogens with zero attached hydrogens (tertiary/aromatic N) is 1. The van der Waals surface area contributed by atoms with Crippen LogP contribution in [0.5, 0.6) is 0 Å². The van der Waals surface area contributed by atoms with Gasteiger partial charge in [-0.3, -0.25) is 9.59 Å². The van der Waals surface area contributed by atoms with Crippen molar-refractivity contribution in [2.75, 3.05) is 20.6 Å².